The monoisotopic (exact) mass is 142 g/mol. The van der Waals surface area contributed by atoms with Gasteiger partial charge in [0.25, 0.3) is 0 Å². The number of hydrogen-bond acceptors (Lipinski definition) is 2. The van der Waals surface area contributed by atoms with E-state index in [1.165, 1.54) is 0 Å². The standard InChI is InChI=1S/C7H10O3/c1-5(6(8)9)7(2)3-10-4-7/h1,3-4H2,2H3,(H,8,9). The highest BCUT2D eigenvalue weighted by Crippen LogP contribution is 2.33. The Balaban J connectivity index is 2.64. The molecular weight excluding hydrogens is 132 g/mol. The maximum absolute atomic E-state index is 10.4. The van der Waals surface area contributed by atoms with Crippen molar-refractivity contribution >= 4 is 5.97 Å². The van der Waals surface area contributed by atoms with E-state index in [9.17, 15) is 4.79 Å². The third-order valence-electron chi connectivity index (χ3n) is 1.83. The minimum absolute atomic E-state index is 0.249. The Morgan fingerprint density at radius 1 is 1.70 bits per heavy atom. The van der Waals surface area contributed by atoms with Crippen molar-refractivity contribution in [1.29, 1.82) is 0 Å². The lowest BCUT2D eigenvalue weighted by Crippen LogP contribution is -2.43. The van der Waals surface area contributed by atoms with Gasteiger partial charge in [-0.3, -0.25) is 0 Å². The van der Waals surface area contributed by atoms with Gasteiger partial charge in [-0.2, -0.15) is 0 Å². The van der Waals surface area contributed by atoms with Gasteiger partial charge in [-0.05, 0) is 0 Å². The molecule has 1 N–H and O–H groups in total. The molecule has 1 rings (SSSR count). The second kappa shape index (κ2) is 2.09. The van der Waals surface area contributed by atoms with Crippen molar-refractivity contribution < 1.29 is 14.6 Å². The molecule has 0 bridgehead atoms. The van der Waals surface area contributed by atoms with Crippen LogP contribution in [0.3, 0.4) is 0 Å². The second-order valence-electron chi connectivity index (χ2n) is 2.84. The predicted molar refractivity (Wildman–Crippen MR) is 35.7 cm³/mol. The first kappa shape index (κ1) is 7.28. The molecule has 0 spiro atoms. The molecule has 1 heterocycles. The molecule has 0 aromatic heterocycles. The average Bonchev–Trinajstić information content (AvgIpc) is 1.81. The van der Waals surface area contributed by atoms with Crippen LogP contribution in [0.4, 0.5) is 0 Å². The molecule has 56 valence electrons. The lowest BCUT2D eigenvalue weighted by atomic mass is 9.81. The molecule has 0 amide bonds. The maximum atomic E-state index is 10.4. The molecule has 0 aromatic rings. The molecule has 1 fully saturated rings. The molecule has 1 saturated heterocycles. The lowest BCUT2D eigenvalue weighted by molar-refractivity contribution is -0.139. The SMILES string of the molecule is C=C(C(=O)O)C1(C)COC1. The molecule has 1 aliphatic heterocycles. The van der Waals surface area contributed by atoms with E-state index in [1.54, 1.807) is 0 Å². The zero-order valence-electron chi connectivity index (χ0n) is 5.89. The van der Waals surface area contributed by atoms with Crippen molar-refractivity contribution in [3.63, 3.8) is 0 Å². The maximum Gasteiger partial charge on any atom is 0.331 e. The molecule has 3 nitrogen and oxygen atoms in total. The molecule has 1 aliphatic rings. The zero-order valence-corrected chi connectivity index (χ0v) is 5.89. The Kier molecular flexibility index (Phi) is 1.52. The molecule has 0 unspecified atom stereocenters. The molecule has 0 radical (unpaired) electrons. The van der Waals surface area contributed by atoms with Gasteiger partial charge in [0.15, 0.2) is 0 Å². The van der Waals surface area contributed by atoms with E-state index < -0.39 is 5.97 Å². The van der Waals surface area contributed by atoms with Crippen LogP contribution in [0.5, 0.6) is 0 Å². The number of rotatable bonds is 2. The van der Waals surface area contributed by atoms with E-state index in [0.717, 1.165) is 0 Å². The quantitative estimate of drug-likeness (QED) is 0.576. The van der Waals surface area contributed by atoms with Gasteiger partial charge >= 0.3 is 5.97 Å². The van der Waals surface area contributed by atoms with E-state index >= 15 is 0 Å². The fraction of sp³-hybridized carbons (Fsp3) is 0.571. The third-order valence-corrected chi connectivity index (χ3v) is 1.83. The molecule has 10 heavy (non-hydrogen) atoms. The van der Waals surface area contributed by atoms with Gasteiger partial charge in [0.05, 0.1) is 13.2 Å². The van der Waals surface area contributed by atoms with Gasteiger partial charge in [-0.1, -0.05) is 13.5 Å². The first-order chi connectivity index (χ1) is 4.56. The van der Waals surface area contributed by atoms with Crippen molar-refractivity contribution in [3.8, 4) is 0 Å². The first-order valence-electron chi connectivity index (χ1n) is 3.07. The minimum Gasteiger partial charge on any atom is -0.478 e. The zero-order chi connectivity index (χ0) is 7.78. The third kappa shape index (κ3) is 0.926. The molecule has 0 aliphatic carbocycles. The van der Waals surface area contributed by atoms with Crippen molar-refractivity contribution in [2.24, 2.45) is 5.41 Å². The predicted octanol–water partition coefficient (Wildman–Crippen LogP) is 0.664. The summed E-state index contributed by atoms with van der Waals surface area (Å²) >= 11 is 0. The van der Waals surface area contributed by atoms with Gasteiger partial charge in [0.2, 0.25) is 0 Å². The Hall–Kier alpha value is -0.830. The van der Waals surface area contributed by atoms with E-state index in [-0.39, 0.29) is 11.0 Å². The number of aliphatic carboxylic acids is 1. The molecule has 0 saturated carbocycles. The fourth-order valence-corrected chi connectivity index (χ4v) is 0.841. The summed E-state index contributed by atoms with van der Waals surface area (Å²) in [5, 5.41) is 8.53. The summed E-state index contributed by atoms with van der Waals surface area (Å²) in [5.74, 6) is -0.925. The minimum atomic E-state index is -0.925. The van der Waals surface area contributed by atoms with Crippen molar-refractivity contribution in [2.75, 3.05) is 13.2 Å². The number of carboxylic acids is 1. The van der Waals surface area contributed by atoms with Gasteiger partial charge in [-0.25, -0.2) is 4.79 Å². The van der Waals surface area contributed by atoms with Crippen LogP contribution < -0.4 is 0 Å². The largest absolute Gasteiger partial charge is 0.478 e. The molecule has 0 atom stereocenters. The summed E-state index contributed by atoms with van der Waals surface area (Å²) in [6, 6.07) is 0. The second-order valence-corrected chi connectivity index (χ2v) is 2.84. The van der Waals surface area contributed by atoms with Crippen LogP contribution in [-0.4, -0.2) is 24.3 Å². The Labute approximate surface area is 59.3 Å². The summed E-state index contributed by atoms with van der Waals surface area (Å²) in [4.78, 5) is 10.4. The van der Waals surface area contributed by atoms with Crippen LogP contribution in [0, 0.1) is 5.41 Å². The molecular formula is C7H10O3. The van der Waals surface area contributed by atoms with E-state index in [2.05, 4.69) is 6.58 Å². The van der Waals surface area contributed by atoms with E-state index in [4.69, 9.17) is 9.84 Å². The highest BCUT2D eigenvalue weighted by molar-refractivity contribution is 5.87. The van der Waals surface area contributed by atoms with Crippen LogP contribution in [-0.2, 0) is 9.53 Å². The van der Waals surface area contributed by atoms with E-state index in [1.807, 2.05) is 6.92 Å². The number of carbonyl (C=O) groups is 1. The fourth-order valence-electron chi connectivity index (χ4n) is 0.841. The summed E-state index contributed by atoms with van der Waals surface area (Å²) in [6.07, 6.45) is 0. The molecule has 0 aromatic carbocycles. The summed E-state index contributed by atoms with van der Waals surface area (Å²) in [5.41, 5.74) is -0.0648. The summed E-state index contributed by atoms with van der Waals surface area (Å²) < 4.78 is 4.88. The number of hydrogen-bond donors (Lipinski definition) is 1. The van der Waals surface area contributed by atoms with Crippen LogP contribution in [0.25, 0.3) is 0 Å². The first-order valence-corrected chi connectivity index (χ1v) is 3.07. The number of ether oxygens (including phenoxy) is 1. The normalized spacial score (nSPS) is 21.3. The van der Waals surface area contributed by atoms with Crippen molar-refractivity contribution in [2.45, 2.75) is 6.92 Å². The van der Waals surface area contributed by atoms with Gasteiger partial charge in [0.1, 0.15) is 0 Å². The van der Waals surface area contributed by atoms with Crippen molar-refractivity contribution in [1.82, 2.24) is 0 Å². The van der Waals surface area contributed by atoms with E-state index in [0.29, 0.717) is 13.2 Å². The van der Waals surface area contributed by atoms with Gasteiger partial charge in [-0.15, -0.1) is 0 Å². The molecule has 3 heteroatoms. The Morgan fingerprint density at radius 3 is 2.30 bits per heavy atom. The van der Waals surface area contributed by atoms with Crippen molar-refractivity contribution in [3.05, 3.63) is 12.2 Å². The van der Waals surface area contributed by atoms with Crippen LogP contribution in [0.2, 0.25) is 0 Å². The Bertz CT molecular complexity index is 179. The smallest absolute Gasteiger partial charge is 0.331 e. The lowest BCUT2D eigenvalue weighted by Gasteiger charge is -2.37. The highest BCUT2D eigenvalue weighted by atomic mass is 16.5. The van der Waals surface area contributed by atoms with Crippen LogP contribution in [0.15, 0.2) is 12.2 Å². The van der Waals surface area contributed by atoms with Gasteiger partial charge < -0.3 is 9.84 Å². The topological polar surface area (TPSA) is 46.5 Å². The highest BCUT2D eigenvalue weighted by Gasteiger charge is 2.39. The summed E-state index contributed by atoms with van der Waals surface area (Å²) in [6.45, 7) is 6.28. The number of carboxylic acid groups (broad SMARTS) is 1. The van der Waals surface area contributed by atoms with Crippen LogP contribution in [0.1, 0.15) is 6.92 Å². The average molecular weight is 142 g/mol. The van der Waals surface area contributed by atoms with Gasteiger partial charge in [0, 0.05) is 11.0 Å². The summed E-state index contributed by atoms with van der Waals surface area (Å²) in [7, 11) is 0. The Morgan fingerprint density at radius 2 is 2.20 bits per heavy atom. The van der Waals surface area contributed by atoms with Crippen LogP contribution >= 0.6 is 0 Å².